The third-order valence-electron chi connectivity index (χ3n) is 4.63. The number of carbonyl (C=O) groups excluding carboxylic acids is 3. The average molecular weight is 454 g/mol. The summed E-state index contributed by atoms with van der Waals surface area (Å²) in [5, 5.41) is 19.7. The first-order valence-electron chi connectivity index (χ1n) is 9.73. The number of amides is 3. The van der Waals surface area contributed by atoms with Crippen LogP contribution in [-0.4, -0.2) is 50.2 Å². The van der Waals surface area contributed by atoms with Gasteiger partial charge < -0.3 is 16.0 Å². The number of aryl methyl sites for hydroxylation is 2. The van der Waals surface area contributed by atoms with E-state index < -0.39 is 0 Å². The zero-order valence-corrected chi connectivity index (χ0v) is 18.7. The predicted octanol–water partition coefficient (Wildman–Crippen LogP) is 1.93. The van der Waals surface area contributed by atoms with Crippen LogP contribution in [0.25, 0.3) is 0 Å². The normalized spacial score (nSPS) is 10.5. The second kappa shape index (κ2) is 10.5. The Morgan fingerprint density at radius 1 is 1.00 bits per heavy atom. The Bertz CT molecular complexity index is 1130. The van der Waals surface area contributed by atoms with Gasteiger partial charge in [0.2, 0.25) is 17.0 Å². The highest BCUT2D eigenvalue weighted by Gasteiger charge is 2.11. The minimum atomic E-state index is -0.385. The maximum atomic E-state index is 12.3. The summed E-state index contributed by atoms with van der Waals surface area (Å²) in [6.07, 6.45) is 0. The molecule has 0 radical (unpaired) electrons. The molecule has 0 saturated carbocycles. The lowest BCUT2D eigenvalue weighted by Crippen LogP contribution is -2.33. The molecule has 1 heterocycles. The number of nitrogens with one attached hydrogen (secondary N) is 3. The van der Waals surface area contributed by atoms with Crippen molar-refractivity contribution in [2.45, 2.75) is 19.0 Å². The molecule has 0 aliphatic carbocycles. The van der Waals surface area contributed by atoms with Crippen LogP contribution in [0.4, 0.5) is 11.4 Å². The van der Waals surface area contributed by atoms with Crippen molar-refractivity contribution in [3.63, 3.8) is 0 Å². The molecule has 1 aromatic heterocycles. The van der Waals surface area contributed by atoms with Gasteiger partial charge in [0.05, 0.1) is 12.3 Å². The number of hydrogen-bond acceptors (Lipinski definition) is 7. The summed E-state index contributed by atoms with van der Waals surface area (Å²) < 4.78 is 1.48. The van der Waals surface area contributed by atoms with Crippen molar-refractivity contribution in [2.75, 3.05) is 22.9 Å². The van der Waals surface area contributed by atoms with E-state index in [-0.39, 0.29) is 30.0 Å². The van der Waals surface area contributed by atoms with Gasteiger partial charge >= 0.3 is 0 Å². The molecule has 0 fully saturated rings. The summed E-state index contributed by atoms with van der Waals surface area (Å²) in [5.74, 6) is -0.777. The van der Waals surface area contributed by atoms with Crippen LogP contribution in [-0.2, 0) is 16.6 Å². The molecule has 32 heavy (non-hydrogen) atoms. The van der Waals surface area contributed by atoms with Gasteiger partial charge in [-0.15, -0.1) is 5.10 Å². The third kappa shape index (κ3) is 6.14. The summed E-state index contributed by atoms with van der Waals surface area (Å²) in [4.78, 5) is 36.6. The van der Waals surface area contributed by atoms with Crippen molar-refractivity contribution in [2.24, 2.45) is 7.05 Å². The predicted molar refractivity (Wildman–Crippen MR) is 121 cm³/mol. The number of carbonyl (C=O) groups is 3. The van der Waals surface area contributed by atoms with Crippen LogP contribution in [0, 0.1) is 13.8 Å². The van der Waals surface area contributed by atoms with Gasteiger partial charge in [-0.05, 0) is 65.7 Å². The molecular weight excluding hydrogens is 430 g/mol. The first-order valence-corrected chi connectivity index (χ1v) is 10.7. The van der Waals surface area contributed by atoms with Crippen molar-refractivity contribution >= 4 is 40.9 Å². The van der Waals surface area contributed by atoms with E-state index in [0.29, 0.717) is 16.4 Å². The Morgan fingerprint density at radius 2 is 1.75 bits per heavy atom. The molecule has 3 aromatic rings. The highest BCUT2D eigenvalue weighted by molar-refractivity contribution is 7.99. The quantitative estimate of drug-likeness (QED) is 0.444. The van der Waals surface area contributed by atoms with Crippen LogP contribution >= 0.6 is 11.8 Å². The smallest absolute Gasteiger partial charge is 0.251 e. The second-order valence-electron chi connectivity index (χ2n) is 6.98. The molecule has 0 aliphatic rings. The number of tetrazole rings is 1. The molecule has 0 aliphatic heterocycles. The topological polar surface area (TPSA) is 131 Å². The summed E-state index contributed by atoms with van der Waals surface area (Å²) in [6, 6.07) is 12.0. The number of anilines is 2. The fourth-order valence-electron chi connectivity index (χ4n) is 2.72. The van der Waals surface area contributed by atoms with Crippen LogP contribution in [0.15, 0.2) is 47.6 Å². The molecule has 11 heteroatoms. The lowest BCUT2D eigenvalue weighted by molar-refractivity contribution is -0.115. The third-order valence-corrected chi connectivity index (χ3v) is 5.64. The van der Waals surface area contributed by atoms with Crippen molar-refractivity contribution < 1.29 is 14.4 Å². The molecule has 0 bridgehead atoms. The molecule has 3 rings (SSSR count). The van der Waals surface area contributed by atoms with Crippen molar-refractivity contribution in [3.8, 4) is 0 Å². The Morgan fingerprint density at radius 3 is 2.44 bits per heavy atom. The van der Waals surface area contributed by atoms with Crippen LogP contribution in [0.3, 0.4) is 0 Å². The fourth-order valence-corrected chi connectivity index (χ4v) is 3.37. The largest absolute Gasteiger partial charge is 0.343 e. The van der Waals surface area contributed by atoms with Crippen LogP contribution in [0.2, 0.25) is 0 Å². The molecule has 10 nitrogen and oxygen atoms in total. The van der Waals surface area contributed by atoms with E-state index in [2.05, 4.69) is 31.5 Å². The summed E-state index contributed by atoms with van der Waals surface area (Å²) >= 11 is 1.21. The summed E-state index contributed by atoms with van der Waals surface area (Å²) in [6.45, 7) is 3.74. The van der Waals surface area contributed by atoms with Gasteiger partial charge in [0.15, 0.2) is 0 Å². The van der Waals surface area contributed by atoms with E-state index in [0.717, 1.165) is 16.8 Å². The van der Waals surface area contributed by atoms with E-state index in [9.17, 15) is 14.4 Å². The first-order chi connectivity index (χ1) is 15.3. The van der Waals surface area contributed by atoms with Crippen molar-refractivity contribution in [3.05, 3.63) is 59.2 Å². The molecule has 0 unspecified atom stereocenters. The minimum Gasteiger partial charge on any atom is -0.343 e. The second-order valence-corrected chi connectivity index (χ2v) is 7.92. The van der Waals surface area contributed by atoms with Crippen LogP contribution in [0.5, 0.6) is 0 Å². The number of nitrogens with zero attached hydrogens (tertiary/aromatic N) is 4. The fraction of sp³-hybridized carbons (Fsp3) is 0.238. The van der Waals surface area contributed by atoms with E-state index >= 15 is 0 Å². The Balaban J connectivity index is 1.46. The molecular formula is C21H23N7O3S. The maximum absolute atomic E-state index is 12.3. The summed E-state index contributed by atoms with van der Waals surface area (Å²) in [7, 11) is 1.69. The van der Waals surface area contributed by atoms with Crippen molar-refractivity contribution in [1.82, 2.24) is 25.5 Å². The minimum absolute atomic E-state index is 0.145. The van der Waals surface area contributed by atoms with E-state index in [1.54, 1.807) is 31.3 Å². The van der Waals surface area contributed by atoms with Crippen LogP contribution in [0.1, 0.15) is 21.5 Å². The zero-order chi connectivity index (χ0) is 23.1. The first kappa shape index (κ1) is 22.9. The van der Waals surface area contributed by atoms with Crippen molar-refractivity contribution in [1.29, 1.82) is 0 Å². The van der Waals surface area contributed by atoms with Gasteiger partial charge in [0.1, 0.15) is 0 Å². The molecule has 2 aromatic carbocycles. The lowest BCUT2D eigenvalue weighted by atomic mass is 10.1. The number of rotatable bonds is 8. The van der Waals surface area contributed by atoms with E-state index in [4.69, 9.17) is 0 Å². The van der Waals surface area contributed by atoms with Gasteiger partial charge in [-0.3, -0.25) is 14.4 Å². The molecule has 0 saturated heterocycles. The Labute approximate surface area is 189 Å². The Hall–Kier alpha value is -3.73. The highest BCUT2D eigenvalue weighted by atomic mass is 32.2. The monoisotopic (exact) mass is 453 g/mol. The van der Waals surface area contributed by atoms with Gasteiger partial charge in [-0.25, -0.2) is 4.68 Å². The zero-order valence-electron chi connectivity index (χ0n) is 17.9. The van der Waals surface area contributed by atoms with E-state index in [1.165, 1.54) is 16.4 Å². The van der Waals surface area contributed by atoms with Crippen LogP contribution < -0.4 is 16.0 Å². The van der Waals surface area contributed by atoms with Gasteiger partial charge in [0.25, 0.3) is 5.91 Å². The molecule has 166 valence electrons. The number of thioether (sulfide) groups is 1. The average Bonchev–Trinajstić information content (AvgIpc) is 3.19. The van der Waals surface area contributed by atoms with Gasteiger partial charge in [-0.1, -0.05) is 23.9 Å². The standard InChI is InChI=1S/C21H23N7O3S/c1-13-5-4-6-17(14(13)2)24-18(29)11-22-20(31)15-7-9-16(10-8-15)23-19(30)12-32-21-25-26-27-28(21)3/h4-10H,11-12H2,1-3H3,(H,22,31)(H,23,30)(H,24,29). The maximum Gasteiger partial charge on any atom is 0.251 e. The lowest BCUT2D eigenvalue weighted by Gasteiger charge is -2.11. The number of hydrogen-bond donors (Lipinski definition) is 3. The SMILES string of the molecule is Cc1cccc(NC(=O)CNC(=O)c2ccc(NC(=O)CSc3nnnn3C)cc2)c1C. The molecule has 3 amide bonds. The highest BCUT2D eigenvalue weighted by Crippen LogP contribution is 2.18. The Kier molecular flexibility index (Phi) is 7.55. The van der Waals surface area contributed by atoms with Gasteiger partial charge in [0, 0.05) is 24.0 Å². The van der Waals surface area contributed by atoms with E-state index in [1.807, 2.05) is 32.0 Å². The molecule has 0 atom stereocenters. The number of aromatic nitrogens is 4. The summed E-state index contributed by atoms with van der Waals surface area (Å²) in [5.41, 5.74) is 3.70. The van der Waals surface area contributed by atoms with Gasteiger partial charge in [-0.2, -0.15) is 0 Å². The number of benzene rings is 2. The molecule has 0 spiro atoms. The molecule has 3 N–H and O–H groups in total.